The van der Waals surface area contributed by atoms with Gasteiger partial charge in [0.25, 0.3) is 0 Å². The number of hydrogen-bond donors (Lipinski definition) is 1. The Morgan fingerprint density at radius 2 is 1.48 bits per heavy atom. The Bertz CT molecular complexity index is 461. The summed E-state index contributed by atoms with van der Waals surface area (Å²) >= 11 is 2.41. The van der Waals surface area contributed by atoms with Gasteiger partial charge in [0.2, 0.25) is 0 Å². The van der Waals surface area contributed by atoms with E-state index in [1.165, 1.54) is 74.6 Å². The van der Waals surface area contributed by atoms with E-state index >= 15 is 0 Å². The molecule has 0 unspecified atom stereocenters. The van der Waals surface area contributed by atoms with Gasteiger partial charge in [-0.1, -0.05) is 19.3 Å². The number of aromatic nitrogens is 2. The predicted octanol–water partition coefficient (Wildman–Crippen LogP) is 5.00. The second-order valence-electron chi connectivity index (χ2n) is 6.70. The number of nitrogens with zero attached hydrogens (tertiary/aromatic N) is 2. The number of nitrogens with two attached hydrogens (primary N) is 1. The van der Waals surface area contributed by atoms with Gasteiger partial charge in [-0.2, -0.15) is 0 Å². The molecule has 1 heterocycles. The molecule has 140 valence electrons. The van der Waals surface area contributed by atoms with E-state index in [0.29, 0.717) is 6.04 Å². The summed E-state index contributed by atoms with van der Waals surface area (Å²) in [6.07, 6.45) is 18.2. The van der Waals surface area contributed by atoms with Gasteiger partial charge in [0.1, 0.15) is 0 Å². The van der Waals surface area contributed by atoms with E-state index < -0.39 is 0 Å². The third kappa shape index (κ3) is 9.00. The van der Waals surface area contributed by atoms with Crippen molar-refractivity contribution in [2.24, 2.45) is 18.7 Å². The Labute approximate surface area is 186 Å². The van der Waals surface area contributed by atoms with Crippen molar-refractivity contribution < 1.29 is 19.4 Å². The van der Waals surface area contributed by atoms with Crippen LogP contribution >= 0.6 is 48.0 Å². The minimum Gasteiger partial charge on any atom is -0.328 e. The summed E-state index contributed by atoms with van der Waals surface area (Å²) in [5.74, 6) is 0.921. The average molecular weight is 728 g/mol. The summed E-state index contributed by atoms with van der Waals surface area (Å²) in [6.45, 7) is 1.22. The van der Waals surface area contributed by atoms with E-state index in [1.54, 1.807) is 0 Å². The summed E-state index contributed by atoms with van der Waals surface area (Å²) in [4.78, 5) is 0. The van der Waals surface area contributed by atoms with Crippen LogP contribution in [0.2, 0.25) is 0 Å². The van der Waals surface area contributed by atoms with Crippen LogP contribution in [0, 0.1) is 9.72 Å². The molecule has 0 bridgehead atoms. The Morgan fingerprint density at radius 3 is 1.87 bits per heavy atom. The van der Waals surface area contributed by atoms with Crippen LogP contribution in [-0.2, 0) is 32.9 Å². The van der Waals surface area contributed by atoms with Crippen LogP contribution in [0.25, 0.3) is 0 Å². The Morgan fingerprint density at radius 1 is 0.957 bits per heavy atom. The normalized spacial score (nSPS) is 19.1. The summed E-state index contributed by atoms with van der Waals surface area (Å²) in [5.41, 5.74) is 5.63. The van der Waals surface area contributed by atoms with Gasteiger partial charge >= 0.3 is 96.3 Å². The van der Waals surface area contributed by atoms with Crippen LogP contribution < -0.4 is 5.73 Å². The van der Waals surface area contributed by atoms with Crippen LogP contribution in [0.1, 0.15) is 64.2 Å². The van der Waals surface area contributed by atoms with E-state index in [9.17, 15) is 0 Å². The third-order valence-corrected chi connectivity index (χ3v) is 6.24. The van der Waals surface area contributed by atoms with Crippen molar-refractivity contribution >= 4 is 48.0 Å². The maximum Gasteiger partial charge on any atom is 0.00388 e. The quantitative estimate of drug-likeness (QED) is 0.429. The summed E-state index contributed by atoms with van der Waals surface area (Å²) in [7, 11) is 2.11. The molecule has 6 heteroatoms. The van der Waals surface area contributed by atoms with Gasteiger partial charge in [-0.15, -0.1) is 48.0 Å². The third-order valence-electron chi connectivity index (χ3n) is 4.79. The number of hydrogen-bond acceptors (Lipinski definition) is 1. The van der Waals surface area contributed by atoms with Crippen LogP contribution in [0.3, 0.4) is 0 Å². The van der Waals surface area contributed by atoms with Crippen LogP contribution in [0.5, 0.6) is 0 Å². The van der Waals surface area contributed by atoms with Gasteiger partial charge in [0, 0.05) is 6.04 Å². The first-order valence-corrected chi connectivity index (χ1v) is 9.73. The standard InChI is InChI=1S/C11H18N2.C6H13N.2HI.Pt/c1-12-7-8-13(10-12)9-11-5-3-2-4-6-11;7-6-4-2-1-3-5-6;;;/h7-8,11H,2-6,9H2,1H3;6H,1-5,7H2;2*1H;. The first-order chi connectivity index (χ1) is 10.2. The van der Waals surface area contributed by atoms with Crippen LogP contribution in [0.4, 0.5) is 0 Å². The minimum atomic E-state index is 0. The number of rotatable bonds is 2. The zero-order valence-corrected chi connectivity index (χ0v) is 21.1. The van der Waals surface area contributed by atoms with E-state index in [-0.39, 0.29) is 48.0 Å². The number of halogens is 2. The second-order valence-corrected chi connectivity index (χ2v) is 7.72. The molecular formula is C17H33I2N3Pt. The molecule has 1 aromatic heterocycles. The molecule has 0 amide bonds. The van der Waals surface area contributed by atoms with Crippen molar-refractivity contribution in [3.05, 3.63) is 16.2 Å². The topological polar surface area (TPSA) is 35.9 Å². The smallest absolute Gasteiger partial charge is 0.00388 e. The SMILES string of the molecule is Cn1ccn(CC2CCCCC2)[c]1=[Pt].I.I.NC1CCCCC1. The van der Waals surface area contributed by atoms with E-state index in [4.69, 9.17) is 5.73 Å². The van der Waals surface area contributed by atoms with E-state index in [0.717, 1.165) is 5.92 Å². The monoisotopic (exact) mass is 728 g/mol. The molecule has 1 aromatic rings. The predicted molar refractivity (Wildman–Crippen MR) is 115 cm³/mol. The van der Waals surface area contributed by atoms with Crippen molar-refractivity contribution in [3.8, 4) is 0 Å². The zero-order valence-electron chi connectivity index (χ0n) is 14.2. The molecule has 0 aliphatic heterocycles. The van der Waals surface area contributed by atoms with Crippen molar-refractivity contribution in [2.75, 3.05) is 0 Å². The van der Waals surface area contributed by atoms with Gasteiger partial charge in [0.15, 0.2) is 0 Å². The molecule has 0 aromatic carbocycles. The second kappa shape index (κ2) is 13.5. The van der Waals surface area contributed by atoms with Gasteiger partial charge in [0.05, 0.1) is 0 Å². The van der Waals surface area contributed by atoms with E-state index in [2.05, 4.69) is 47.9 Å². The van der Waals surface area contributed by atoms with Crippen molar-refractivity contribution in [2.45, 2.75) is 76.8 Å². The maximum absolute atomic E-state index is 5.63. The summed E-state index contributed by atoms with van der Waals surface area (Å²) < 4.78 is 5.91. The molecule has 2 aliphatic rings. The molecule has 0 saturated heterocycles. The zero-order chi connectivity index (χ0) is 15.1. The van der Waals surface area contributed by atoms with Gasteiger partial charge in [-0.25, -0.2) is 0 Å². The van der Waals surface area contributed by atoms with Gasteiger partial charge < -0.3 is 5.73 Å². The molecule has 2 aliphatic carbocycles. The molecule has 3 rings (SSSR count). The molecule has 3 nitrogen and oxygen atoms in total. The van der Waals surface area contributed by atoms with Crippen molar-refractivity contribution in [1.29, 1.82) is 0 Å². The average Bonchev–Trinajstić information content (AvgIpc) is 2.82. The first kappa shape index (κ1) is 24.3. The van der Waals surface area contributed by atoms with Crippen LogP contribution in [-0.4, -0.2) is 15.2 Å². The molecule has 2 N–H and O–H groups in total. The Balaban J connectivity index is 0.000000463. The number of imidazole rings is 1. The molecule has 0 radical (unpaired) electrons. The van der Waals surface area contributed by atoms with E-state index in [1.807, 2.05) is 0 Å². The van der Waals surface area contributed by atoms with Crippen molar-refractivity contribution in [3.63, 3.8) is 0 Å². The molecular weight excluding hydrogens is 695 g/mol. The molecule has 23 heavy (non-hydrogen) atoms. The Hall–Kier alpha value is 1.32. The van der Waals surface area contributed by atoms with Crippen molar-refractivity contribution in [1.82, 2.24) is 9.13 Å². The fraction of sp³-hybridized carbons (Fsp3) is 0.824. The fourth-order valence-corrected chi connectivity index (χ4v) is 3.96. The van der Waals surface area contributed by atoms with Gasteiger partial charge in [-0.05, 0) is 12.8 Å². The number of aryl methyl sites for hydroxylation is 1. The molecule has 0 atom stereocenters. The minimum absolute atomic E-state index is 0. The largest absolute Gasteiger partial charge is 0.328 e. The van der Waals surface area contributed by atoms with Crippen LogP contribution in [0.15, 0.2) is 12.4 Å². The van der Waals surface area contributed by atoms with Gasteiger partial charge in [-0.3, -0.25) is 0 Å². The fourth-order valence-electron chi connectivity index (χ4n) is 3.41. The summed E-state index contributed by atoms with van der Waals surface area (Å²) in [6, 6.07) is 0.536. The Kier molecular flexibility index (Phi) is 14.3. The first-order valence-electron chi connectivity index (χ1n) is 8.59. The molecule has 2 saturated carbocycles. The molecule has 0 spiro atoms. The summed E-state index contributed by atoms with van der Waals surface area (Å²) in [5, 5.41) is 0. The maximum atomic E-state index is 5.63. The molecule has 2 fully saturated rings.